The number of nitrogens with one attached hydrogen (secondary N) is 1. The Kier molecular flexibility index (Phi) is 4.28. The van der Waals surface area contributed by atoms with Crippen LogP contribution < -0.4 is 10.5 Å². The van der Waals surface area contributed by atoms with E-state index in [1.54, 1.807) is 0 Å². The molecule has 0 fully saturated rings. The minimum absolute atomic E-state index is 0.406. The lowest BCUT2D eigenvalue weighted by Crippen LogP contribution is -2.43. The largest absolute Gasteiger partial charge is 0.395 e. The van der Waals surface area contributed by atoms with Gasteiger partial charge in [-0.3, -0.25) is 0 Å². The van der Waals surface area contributed by atoms with Gasteiger partial charge in [0.05, 0.1) is 17.9 Å². The summed E-state index contributed by atoms with van der Waals surface area (Å²) >= 11 is 0. The van der Waals surface area contributed by atoms with E-state index in [0.717, 1.165) is 12.1 Å². The van der Waals surface area contributed by atoms with Crippen LogP contribution in [0.1, 0.15) is 6.92 Å². The molecule has 0 aliphatic carbocycles. The molecule has 1 aromatic carbocycles. The second kappa shape index (κ2) is 5.19. The smallest absolute Gasteiger partial charge is 0.242 e. The highest BCUT2D eigenvalue weighted by Crippen LogP contribution is 2.20. The first-order valence-electron chi connectivity index (χ1n) is 5.06. The van der Waals surface area contributed by atoms with Crippen molar-refractivity contribution in [2.45, 2.75) is 17.4 Å². The van der Waals surface area contributed by atoms with Crippen molar-refractivity contribution >= 4 is 15.7 Å². The third-order valence-corrected chi connectivity index (χ3v) is 3.75. The van der Waals surface area contributed by atoms with Crippen molar-refractivity contribution < 1.29 is 23.0 Å². The van der Waals surface area contributed by atoms with E-state index in [9.17, 15) is 17.9 Å². The third kappa shape index (κ3) is 3.39. The van der Waals surface area contributed by atoms with Crippen molar-refractivity contribution in [3.63, 3.8) is 0 Å². The SMILES string of the molecule is CC(O)(CO)CNS(=O)(=O)c1cccc(F)c1N. The highest BCUT2D eigenvalue weighted by Gasteiger charge is 2.25. The monoisotopic (exact) mass is 278 g/mol. The zero-order valence-corrected chi connectivity index (χ0v) is 10.5. The van der Waals surface area contributed by atoms with Gasteiger partial charge in [0.2, 0.25) is 10.0 Å². The molecule has 102 valence electrons. The van der Waals surface area contributed by atoms with Crippen molar-refractivity contribution in [3.05, 3.63) is 24.0 Å². The van der Waals surface area contributed by atoms with Gasteiger partial charge in [0.1, 0.15) is 10.7 Å². The molecule has 0 aromatic heterocycles. The average Bonchev–Trinajstić information content (AvgIpc) is 2.30. The molecule has 18 heavy (non-hydrogen) atoms. The number of anilines is 1. The molecule has 1 atom stereocenters. The van der Waals surface area contributed by atoms with Gasteiger partial charge in [-0.25, -0.2) is 17.5 Å². The maximum Gasteiger partial charge on any atom is 0.242 e. The lowest BCUT2D eigenvalue weighted by atomic mass is 10.1. The van der Waals surface area contributed by atoms with Crippen molar-refractivity contribution in [1.82, 2.24) is 4.72 Å². The number of halogens is 1. The van der Waals surface area contributed by atoms with Crippen molar-refractivity contribution in [2.24, 2.45) is 0 Å². The van der Waals surface area contributed by atoms with E-state index in [1.165, 1.54) is 13.0 Å². The van der Waals surface area contributed by atoms with Crippen molar-refractivity contribution in [1.29, 1.82) is 0 Å². The number of hydrogen-bond donors (Lipinski definition) is 4. The van der Waals surface area contributed by atoms with Gasteiger partial charge < -0.3 is 15.9 Å². The Morgan fingerprint density at radius 3 is 2.67 bits per heavy atom. The summed E-state index contributed by atoms with van der Waals surface area (Å²) in [5, 5.41) is 18.3. The average molecular weight is 278 g/mol. The fourth-order valence-electron chi connectivity index (χ4n) is 1.14. The summed E-state index contributed by atoms with van der Waals surface area (Å²) in [7, 11) is -4.04. The summed E-state index contributed by atoms with van der Waals surface area (Å²) in [5.41, 5.74) is 3.24. The maximum absolute atomic E-state index is 13.1. The van der Waals surface area contributed by atoms with Gasteiger partial charge in [0, 0.05) is 6.54 Å². The molecule has 1 aromatic rings. The third-order valence-electron chi connectivity index (χ3n) is 2.29. The van der Waals surface area contributed by atoms with Gasteiger partial charge in [-0.2, -0.15) is 0 Å². The van der Waals surface area contributed by atoms with Crippen LogP contribution in [0.2, 0.25) is 0 Å². The minimum atomic E-state index is -4.04. The summed E-state index contributed by atoms with van der Waals surface area (Å²) in [6.07, 6.45) is 0. The Bertz CT molecular complexity index is 531. The van der Waals surface area contributed by atoms with Crippen LogP contribution in [0, 0.1) is 5.82 Å². The van der Waals surface area contributed by atoms with Crippen LogP contribution in [0.15, 0.2) is 23.1 Å². The molecular weight excluding hydrogens is 263 g/mol. The summed E-state index contributed by atoms with van der Waals surface area (Å²) in [4.78, 5) is -0.406. The predicted molar refractivity (Wildman–Crippen MR) is 63.7 cm³/mol. The van der Waals surface area contributed by atoms with Crippen molar-refractivity contribution in [2.75, 3.05) is 18.9 Å². The standard InChI is InChI=1S/C10H15FN2O4S/c1-10(15,6-14)5-13-18(16,17)8-4-2-3-7(11)9(8)12/h2-4,13-15H,5-6,12H2,1H3. The number of para-hydroxylation sites is 1. The number of aliphatic hydroxyl groups excluding tert-OH is 1. The van der Waals surface area contributed by atoms with E-state index in [1.807, 2.05) is 0 Å². The number of hydrogen-bond acceptors (Lipinski definition) is 5. The van der Waals surface area contributed by atoms with Gasteiger partial charge >= 0.3 is 0 Å². The van der Waals surface area contributed by atoms with Crippen LogP contribution in [0.4, 0.5) is 10.1 Å². The second-order valence-electron chi connectivity index (χ2n) is 4.13. The van der Waals surface area contributed by atoms with E-state index in [0.29, 0.717) is 0 Å². The fraction of sp³-hybridized carbons (Fsp3) is 0.400. The topological polar surface area (TPSA) is 113 Å². The lowest BCUT2D eigenvalue weighted by molar-refractivity contribution is 0.00681. The van der Waals surface area contributed by atoms with Crippen LogP contribution in [0.3, 0.4) is 0 Å². The summed E-state index contributed by atoms with van der Waals surface area (Å²) < 4.78 is 38.8. The number of benzene rings is 1. The lowest BCUT2D eigenvalue weighted by Gasteiger charge is -2.20. The normalized spacial score (nSPS) is 15.3. The first-order chi connectivity index (χ1) is 8.19. The van der Waals surface area contributed by atoms with E-state index in [-0.39, 0.29) is 0 Å². The van der Waals surface area contributed by atoms with Crippen LogP contribution in [-0.2, 0) is 10.0 Å². The summed E-state index contributed by atoms with van der Waals surface area (Å²) in [6.45, 7) is 0.223. The molecular formula is C10H15FN2O4S. The van der Waals surface area contributed by atoms with Gasteiger partial charge in [-0.05, 0) is 19.1 Å². The zero-order valence-electron chi connectivity index (χ0n) is 9.72. The van der Waals surface area contributed by atoms with E-state index in [2.05, 4.69) is 4.72 Å². The molecule has 0 aliphatic heterocycles. The number of rotatable bonds is 5. The van der Waals surface area contributed by atoms with Gasteiger partial charge in [0.15, 0.2) is 0 Å². The number of nitrogen functional groups attached to an aromatic ring is 1. The number of nitrogens with two attached hydrogens (primary N) is 1. The first-order valence-corrected chi connectivity index (χ1v) is 6.55. The van der Waals surface area contributed by atoms with Gasteiger partial charge in [-0.15, -0.1) is 0 Å². The molecule has 0 radical (unpaired) electrons. The Morgan fingerprint density at radius 1 is 1.50 bits per heavy atom. The quantitative estimate of drug-likeness (QED) is 0.539. The Hall–Kier alpha value is -1.22. The molecule has 0 heterocycles. The van der Waals surface area contributed by atoms with E-state index < -0.39 is 45.2 Å². The molecule has 5 N–H and O–H groups in total. The predicted octanol–water partition coefficient (Wildman–Crippen LogP) is -0.571. The van der Waals surface area contributed by atoms with Gasteiger partial charge in [0.25, 0.3) is 0 Å². The molecule has 0 saturated carbocycles. The maximum atomic E-state index is 13.1. The molecule has 0 saturated heterocycles. The Morgan fingerprint density at radius 2 is 2.11 bits per heavy atom. The first kappa shape index (κ1) is 14.8. The van der Waals surface area contributed by atoms with Crippen LogP contribution in [0.25, 0.3) is 0 Å². The number of sulfonamides is 1. The molecule has 1 unspecified atom stereocenters. The number of aliphatic hydroxyl groups is 2. The molecule has 0 aliphatic rings. The van der Waals surface area contributed by atoms with Gasteiger partial charge in [-0.1, -0.05) is 6.07 Å². The summed E-state index contributed by atoms with van der Waals surface area (Å²) in [6, 6.07) is 3.40. The van der Waals surface area contributed by atoms with Crippen molar-refractivity contribution in [3.8, 4) is 0 Å². The molecule has 8 heteroatoms. The van der Waals surface area contributed by atoms with E-state index >= 15 is 0 Å². The fourth-order valence-corrected chi connectivity index (χ4v) is 2.44. The molecule has 6 nitrogen and oxygen atoms in total. The van der Waals surface area contributed by atoms with Crippen LogP contribution in [0.5, 0.6) is 0 Å². The zero-order chi connectivity index (χ0) is 14.0. The molecule has 0 bridgehead atoms. The summed E-state index contributed by atoms with van der Waals surface area (Å²) in [5.74, 6) is -0.841. The Balaban J connectivity index is 2.98. The molecule has 1 rings (SSSR count). The van der Waals surface area contributed by atoms with Crippen LogP contribution in [-0.4, -0.2) is 37.4 Å². The Labute approximate surface area is 104 Å². The minimum Gasteiger partial charge on any atom is -0.395 e. The second-order valence-corrected chi connectivity index (χ2v) is 5.87. The van der Waals surface area contributed by atoms with Crippen LogP contribution >= 0.6 is 0 Å². The molecule has 0 amide bonds. The highest BCUT2D eigenvalue weighted by molar-refractivity contribution is 7.89. The molecule has 0 spiro atoms. The highest BCUT2D eigenvalue weighted by atomic mass is 32.2. The van der Waals surface area contributed by atoms with E-state index in [4.69, 9.17) is 10.8 Å².